The summed E-state index contributed by atoms with van der Waals surface area (Å²) in [5, 5.41) is 10.0. The number of nitrogens with zero attached hydrogens (tertiary/aromatic N) is 4. The maximum Gasteiger partial charge on any atom is 0.255 e. The van der Waals surface area contributed by atoms with Crippen LogP contribution in [0.25, 0.3) is 0 Å². The molecule has 4 aliphatic heterocycles. The number of amides is 1. The van der Waals surface area contributed by atoms with Gasteiger partial charge in [-0.25, -0.2) is 4.98 Å². The average Bonchev–Trinajstić information content (AvgIpc) is 3.05. The molecule has 4 fully saturated rings. The van der Waals surface area contributed by atoms with E-state index in [0.29, 0.717) is 23.7 Å². The summed E-state index contributed by atoms with van der Waals surface area (Å²) in [7, 11) is 0. The molecule has 0 radical (unpaired) electrons. The van der Waals surface area contributed by atoms with Crippen LogP contribution in [0.1, 0.15) is 48.9 Å². The van der Waals surface area contributed by atoms with E-state index in [0.717, 1.165) is 83.7 Å². The second-order valence-electron chi connectivity index (χ2n) is 8.99. The smallest absolute Gasteiger partial charge is 0.255 e. The lowest BCUT2D eigenvalue weighted by atomic mass is 10.00. The molecule has 158 valence electrons. The highest BCUT2D eigenvalue weighted by Gasteiger charge is 2.40. The molecule has 5 heterocycles. The van der Waals surface area contributed by atoms with E-state index in [2.05, 4.69) is 14.8 Å². The third kappa shape index (κ3) is 3.88. The summed E-state index contributed by atoms with van der Waals surface area (Å²) in [4.78, 5) is 24.5. The maximum absolute atomic E-state index is 13.0. The van der Waals surface area contributed by atoms with Gasteiger partial charge in [0.05, 0.1) is 24.9 Å². The van der Waals surface area contributed by atoms with Crippen LogP contribution in [0.5, 0.6) is 0 Å². The molecule has 7 heteroatoms. The fourth-order valence-corrected chi connectivity index (χ4v) is 5.75. The van der Waals surface area contributed by atoms with Crippen molar-refractivity contribution in [3.05, 3.63) is 23.9 Å². The highest BCUT2D eigenvalue weighted by molar-refractivity contribution is 5.94. The molecule has 1 unspecified atom stereocenters. The van der Waals surface area contributed by atoms with Gasteiger partial charge in [0.15, 0.2) is 0 Å². The molecule has 4 saturated heterocycles. The van der Waals surface area contributed by atoms with E-state index < -0.39 is 0 Å². The molecule has 1 N–H and O–H groups in total. The lowest BCUT2D eigenvalue weighted by molar-refractivity contribution is 0.00158. The standard InChI is InChI=1S/C22H32N4O3/c27-20-13-18-2-3-19(14-20)26(18)21-4-1-16(15-23-21)22(28)25-7-5-17(6-8-25)24-9-11-29-12-10-24/h1,4,15,17-20,27H,2-3,5-14H2/t18-,19+,20?. The van der Waals surface area contributed by atoms with E-state index in [9.17, 15) is 9.90 Å². The zero-order valence-electron chi connectivity index (χ0n) is 17.1. The number of aromatic nitrogens is 1. The molecule has 7 nitrogen and oxygen atoms in total. The number of hydrogen-bond donors (Lipinski definition) is 1. The number of hydrogen-bond acceptors (Lipinski definition) is 6. The van der Waals surface area contributed by atoms with Gasteiger partial charge in [0.25, 0.3) is 5.91 Å². The number of morpholine rings is 1. The molecular formula is C22H32N4O3. The van der Waals surface area contributed by atoms with E-state index in [-0.39, 0.29) is 12.0 Å². The van der Waals surface area contributed by atoms with Gasteiger partial charge < -0.3 is 19.6 Å². The van der Waals surface area contributed by atoms with Crippen molar-refractivity contribution < 1.29 is 14.6 Å². The summed E-state index contributed by atoms with van der Waals surface area (Å²) < 4.78 is 5.45. The Balaban J connectivity index is 1.19. The van der Waals surface area contributed by atoms with Crippen LogP contribution >= 0.6 is 0 Å². The molecule has 1 aromatic heterocycles. The number of fused-ring (bicyclic) bond motifs is 2. The normalized spacial score (nSPS) is 31.3. The van der Waals surface area contributed by atoms with Gasteiger partial charge in [-0.15, -0.1) is 0 Å². The minimum Gasteiger partial charge on any atom is -0.393 e. The quantitative estimate of drug-likeness (QED) is 0.830. The van der Waals surface area contributed by atoms with Crippen molar-refractivity contribution >= 4 is 11.7 Å². The molecule has 0 aliphatic carbocycles. The van der Waals surface area contributed by atoms with Gasteiger partial charge in [0, 0.05) is 50.5 Å². The largest absolute Gasteiger partial charge is 0.393 e. The monoisotopic (exact) mass is 400 g/mol. The number of aliphatic hydroxyl groups excluding tert-OH is 1. The van der Waals surface area contributed by atoms with Gasteiger partial charge in [-0.3, -0.25) is 9.69 Å². The van der Waals surface area contributed by atoms with Crippen LogP contribution in [-0.2, 0) is 4.74 Å². The number of carbonyl (C=O) groups excluding carboxylic acids is 1. The predicted molar refractivity (Wildman–Crippen MR) is 110 cm³/mol. The van der Waals surface area contributed by atoms with Gasteiger partial charge in [0.2, 0.25) is 0 Å². The van der Waals surface area contributed by atoms with Crippen LogP contribution in [0.4, 0.5) is 5.82 Å². The van der Waals surface area contributed by atoms with Crippen molar-refractivity contribution in [3.63, 3.8) is 0 Å². The zero-order valence-corrected chi connectivity index (χ0v) is 17.1. The van der Waals surface area contributed by atoms with E-state index >= 15 is 0 Å². The fourth-order valence-electron chi connectivity index (χ4n) is 5.75. The van der Waals surface area contributed by atoms with Crippen molar-refractivity contribution in [2.75, 3.05) is 44.3 Å². The van der Waals surface area contributed by atoms with Crippen LogP contribution in [0.15, 0.2) is 18.3 Å². The maximum atomic E-state index is 13.0. The minimum atomic E-state index is -0.176. The number of rotatable bonds is 3. The van der Waals surface area contributed by atoms with Crippen molar-refractivity contribution in [3.8, 4) is 0 Å². The predicted octanol–water partition coefficient (Wildman–Crippen LogP) is 1.51. The van der Waals surface area contributed by atoms with Crippen molar-refractivity contribution in [1.29, 1.82) is 0 Å². The van der Waals surface area contributed by atoms with Crippen molar-refractivity contribution in [2.45, 2.75) is 62.8 Å². The lowest BCUT2D eigenvalue weighted by Gasteiger charge is -2.40. The topological polar surface area (TPSA) is 69.1 Å². The summed E-state index contributed by atoms with van der Waals surface area (Å²) in [5.41, 5.74) is 0.683. The zero-order chi connectivity index (χ0) is 19.8. The highest BCUT2D eigenvalue weighted by Crippen LogP contribution is 2.38. The number of likely N-dealkylation sites (tertiary alicyclic amines) is 1. The number of pyridine rings is 1. The summed E-state index contributed by atoms with van der Waals surface area (Å²) in [5.74, 6) is 1.05. The third-order valence-electron chi connectivity index (χ3n) is 7.28. The van der Waals surface area contributed by atoms with Crippen LogP contribution in [0.2, 0.25) is 0 Å². The molecule has 1 aromatic rings. The van der Waals surface area contributed by atoms with Gasteiger partial charge in [0.1, 0.15) is 5.82 Å². The van der Waals surface area contributed by atoms with Crippen LogP contribution in [-0.4, -0.2) is 89.4 Å². The molecule has 1 amide bonds. The second-order valence-corrected chi connectivity index (χ2v) is 8.99. The molecule has 0 aromatic carbocycles. The summed E-state index contributed by atoms with van der Waals surface area (Å²) in [6.07, 6.45) is 7.56. The van der Waals surface area contributed by atoms with E-state index in [1.54, 1.807) is 6.20 Å². The number of aliphatic hydroxyl groups is 1. The van der Waals surface area contributed by atoms with Crippen LogP contribution in [0, 0.1) is 0 Å². The van der Waals surface area contributed by atoms with Crippen LogP contribution in [0.3, 0.4) is 0 Å². The fraction of sp³-hybridized carbons (Fsp3) is 0.727. The van der Waals surface area contributed by atoms with Gasteiger partial charge >= 0.3 is 0 Å². The molecule has 29 heavy (non-hydrogen) atoms. The first-order valence-corrected chi connectivity index (χ1v) is 11.2. The molecule has 0 spiro atoms. The average molecular weight is 401 g/mol. The molecule has 4 aliphatic rings. The Kier molecular flexibility index (Phi) is 5.45. The summed E-state index contributed by atoms with van der Waals surface area (Å²) in [6.45, 7) is 5.32. The van der Waals surface area contributed by atoms with E-state index in [4.69, 9.17) is 4.74 Å². The Labute approximate surface area is 172 Å². The van der Waals surface area contributed by atoms with Gasteiger partial charge in [-0.2, -0.15) is 0 Å². The number of ether oxygens (including phenoxy) is 1. The summed E-state index contributed by atoms with van der Waals surface area (Å²) in [6, 6.07) is 5.28. The van der Waals surface area contributed by atoms with Crippen molar-refractivity contribution in [2.24, 2.45) is 0 Å². The highest BCUT2D eigenvalue weighted by atomic mass is 16.5. The Bertz CT molecular complexity index is 699. The lowest BCUT2D eigenvalue weighted by Crippen LogP contribution is -2.50. The Morgan fingerprint density at radius 3 is 2.28 bits per heavy atom. The first-order valence-electron chi connectivity index (χ1n) is 11.2. The molecular weight excluding hydrogens is 368 g/mol. The first kappa shape index (κ1) is 19.3. The summed E-state index contributed by atoms with van der Waals surface area (Å²) >= 11 is 0. The Morgan fingerprint density at radius 2 is 1.66 bits per heavy atom. The molecule has 2 bridgehead atoms. The molecule has 3 atom stereocenters. The number of piperidine rings is 2. The number of anilines is 1. The second kappa shape index (κ2) is 8.20. The van der Waals surface area contributed by atoms with Crippen molar-refractivity contribution in [1.82, 2.24) is 14.8 Å². The van der Waals surface area contributed by atoms with E-state index in [1.165, 1.54) is 0 Å². The molecule has 0 saturated carbocycles. The Hall–Kier alpha value is -1.70. The third-order valence-corrected chi connectivity index (χ3v) is 7.28. The Morgan fingerprint density at radius 1 is 0.966 bits per heavy atom. The SMILES string of the molecule is O=C(c1ccc(N2[C@@H]3CC[C@H]2CC(O)C3)nc1)N1CCC(N2CCOCC2)CC1. The number of carbonyl (C=O) groups is 1. The van der Waals surface area contributed by atoms with Gasteiger partial charge in [-0.1, -0.05) is 0 Å². The minimum absolute atomic E-state index is 0.0986. The first-order chi connectivity index (χ1) is 14.2. The van der Waals surface area contributed by atoms with E-state index in [1.807, 2.05) is 17.0 Å². The molecule has 5 rings (SSSR count). The van der Waals surface area contributed by atoms with Crippen LogP contribution < -0.4 is 4.90 Å². The van der Waals surface area contributed by atoms with Gasteiger partial charge in [-0.05, 0) is 50.7 Å².